The number of benzene rings is 1. The molecule has 0 aliphatic carbocycles. The van der Waals surface area contributed by atoms with Gasteiger partial charge in [-0.05, 0) is 30.5 Å². The number of aliphatic hydroxyl groups excluding tert-OH is 1. The van der Waals surface area contributed by atoms with Gasteiger partial charge in [0.1, 0.15) is 18.1 Å². The Morgan fingerprint density at radius 2 is 1.73 bits per heavy atom. The smallest absolute Gasteiger partial charge is 0.129 e. The first-order valence-electron chi connectivity index (χ1n) is 11.2. The van der Waals surface area contributed by atoms with Gasteiger partial charge in [-0.2, -0.15) is 0 Å². The van der Waals surface area contributed by atoms with Crippen LogP contribution in [0, 0.1) is 0 Å². The minimum atomic E-state index is -0.303. The van der Waals surface area contributed by atoms with E-state index in [1.54, 1.807) is 7.11 Å². The number of ether oxygens (including phenoxy) is 1. The Balaban J connectivity index is 1.19. The van der Waals surface area contributed by atoms with Crippen LogP contribution in [0.2, 0.25) is 0 Å². The number of hydrogen-bond donors (Lipinski definition) is 1. The van der Waals surface area contributed by atoms with Gasteiger partial charge >= 0.3 is 0 Å². The third kappa shape index (κ3) is 5.71. The second-order valence-corrected chi connectivity index (χ2v) is 8.57. The fraction of sp³-hybridized carbons (Fsp3) is 0.583. The van der Waals surface area contributed by atoms with E-state index >= 15 is 0 Å². The number of β-amino-alcohol motifs (C(OH)–C–C–N with tert-alkyl or cyclic N) is 1. The molecular formula is C24H35N3O3. The molecule has 2 atom stereocenters. The minimum absolute atomic E-state index is 0.276. The first-order chi connectivity index (χ1) is 14.7. The Labute approximate surface area is 180 Å². The zero-order valence-electron chi connectivity index (χ0n) is 18.1. The summed E-state index contributed by atoms with van der Waals surface area (Å²) < 4.78 is 10.9. The van der Waals surface area contributed by atoms with Gasteiger partial charge in [0.25, 0.3) is 0 Å². The quantitative estimate of drug-likeness (QED) is 0.716. The fourth-order valence-electron chi connectivity index (χ4n) is 4.75. The molecule has 1 aromatic heterocycles. The number of aliphatic hydroxyl groups is 1. The number of rotatable bonds is 8. The van der Waals surface area contributed by atoms with Crippen LogP contribution in [0.1, 0.15) is 23.5 Å². The van der Waals surface area contributed by atoms with Gasteiger partial charge in [-0.1, -0.05) is 30.3 Å². The van der Waals surface area contributed by atoms with E-state index in [1.807, 2.05) is 12.1 Å². The predicted molar refractivity (Wildman–Crippen MR) is 117 cm³/mol. The lowest BCUT2D eigenvalue weighted by atomic mass is 9.99. The number of nitrogens with zero attached hydrogens (tertiary/aromatic N) is 3. The highest BCUT2D eigenvalue weighted by Gasteiger charge is 2.33. The monoisotopic (exact) mass is 413 g/mol. The summed E-state index contributed by atoms with van der Waals surface area (Å²) in [5.41, 5.74) is 1.41. The van der Waals surface area contributed by atoms with Gasteiger partial charge < -0.3 is 19.2 Å². The molecule has 0 saturated carbocycles. The van der Waals surface area contributed by atoms with Crippen molar-refractivity contribution < 1.29 is 14.3 Å². The van der Waals surface area contributed by atoms with Crippen LogP contribution in [-0.2, 0) is 24.3 Å². The van der Waals surface area contributed by atoms with Crippen LogP contribution in [0.25, 0.3) is 0 Å². The number of likely N-dealkylation sites (tertiary alicyclic amines) is 1. The second-order valence-electron chi connectivity index (χ2n) is 8.57. The van der Waals surface area contributed by atoms with Crippen molar-refractivity contribution in [1.82, 2.24) is 14.7 Å². The van der Waals surface area contributed by atoms with Gasteiger partial charge in [-0.25, -0.2) is 0 Å². The average molecular weight is 414 g/mol. The van der Waals surface area contributed by atoms with Gasteiger partial charge in [-0.15, -0.1) is 0 Å². The normalized spacial score (nSPS) is 24.3. The van der Waals surface area contributed by atoms with Gasteiger partial charge in [0.15, 0.2) is 0 Å². The number of piperidine rings is 1. The summed E-state index contributed by atoms with van der Waals surface area (Å²) in [5.74, 6) is 1.80. The maximum absolute atomic E-state index is 10.8. The molecule has 3 heterocycles. The number of hydrogen-bond acceptors (Lipinski definition) is 6. The summed E-state index contributed by atoms with van der Waals surface area (Å²) in [6, 6.07) is 15.0. The molecule has 30 heavy (non-hydrogen) atoms. The maximum atomic E-state index is 10.8. The first kappa shape index (κ1) is 21.5. The van der Waals surface area contributed by atoms with Crippen LogP contribution in [-0.4, -0.2) is 84.9 Å². The second kappa shape index (κ2) is 10.6. The molecule has 6 heteroatoms. The molecule has 1 aromatic carbocycles. The van der Waals surface area contributed by atoms with Crippen molar-refractivity contribution in [3.8, 4) is 0 Å². The molecule has 0 spiro atoms. The zero-order valence-corrected chi connectivity index (χ0v) is 18.1. The van der Waals surface area contributed by atoms with E-state index in [4.69, 9.17) is 9.15 Å². The highest BCUT2D eigenvalue weighted by molar-refractivity contribution is 5.15. The third-order valence-electron chi connectivity index (χ3n) is 6.45. The molecule has 2 aliphatic rings. The Bertz CT molecular complexity index is 758. The Hall–Kier alpha value is -1.70. The zero-order chi connectivity index (χ0) is 20.8. The average Bonchev–Trinajstić information content (AvgIpc) is 3.21. The maximum Gasteiger partial charge on any atom is 0.129 e. The Morgan fingerprint density at radius 1 is 0.967 bits per heavy atom. The lowest BCUT2D eigenvalue weighted by Crippen LogP contribution is -2.58. The SMILES string of the molecule is COCc1ccc(CN2CC[C@@H](N3CCN(CCc4ccccc4)CC3)[C@H](O)C2)o1. The van der Waals surface area contributed by atoms with Gasteiger partial charge in [-0.3, -0.25) is 9.80 Å². The lowest BCUT2D eigenvalue weighted by molar-refractivity contribution is -0.0320. The lowest BCUT2D eigenvalue weighted by Gasteiger charge is -2.45. The van der Waals surface area contributed by atoms with Crippen LogP contribution in [0.5, 0.6) is 0 Å². The highest BCUT2D eigenvalue weighted by Crippen LogP contribution is 2.21. The van der Waals surface area contributed by atoms with Gasteiger partial charge in [0, 0.05) is 59.0 Å². The Morgan fingerprint density at radius 3 is 2.47 bits per heavy atom. The molecule has 2 aliphatic heterocycles. The molecule has 6 nitrogen and oxygen atoms in total. The van der Waals surface area contributed by atoms with E-state index in [9.17, 15) is 5.11 Å². The minimum Gasteiger partial charge on any atom is -0.462 e. The van der Waals surface area contributed by atoms with E-state index in [1.165, 1.54) is 5.56 Å². The van der Waals surface area contributed by atoms with Crippen molar-refractivity contribution in [1.29, 1.82) is 0 Å². The van der Waals surface area contributed by atoms with Crippen LogP contribution in [0.4, 0.5) is 0 Å². The largest absolute Gasteiger partial charge is 0.462 e. The van der Waals surface area contributed by atoms with E-state index in [0.717, 1.165) is 70.2 Å². The van der Waals surface area contributed by atoms with Crippen LogP contribution >= 0.6 is 0 Å². The van der Waals surface area contributed by atoms with E-state index in [2.05, 4.69) is 45.0 Å². The van der Waals surface area contributed by atoms with Crippen molar-refractivity contribution in [3.05, 3.63) is 59.5 Å². The van der Waals surface area contributed by atoms with E-state index in [-0.39, 0.29) is 12.1 Å². The molecule has 0 unspecified atom stereocenters. The van der Waals surface area contributed by atoms with Crippen LogP contribution < -0.4 is 0 Å². The van der Waals surface area contributed by atoms with E-state index < -0.39 is 0 Å². The van der Waals surface area contributed by atoms with Gasteiger partial charge in [0.05, 0.1) is 12.6 Å². The van der Waals surface area contributed by atoms with Crippen molar-refractivity contribution in [2.24, 2.45) is 0 Å². The summed E-state index contributed by atoms with van der Waals surface area (Å²) in [6.45, 7) is 8.36. The molecule has 0 radical (unpaired) electrons. The molecule has 0 bridgehead atoms. The molecule has 0 amide bonds. The summed E-state index contributed by atoms with van der Waals surface area (Å²) in [4.78, 5) is 7.36. The molecular weight excluding hydrogens is 378 g/mol. The fourth-order valence-corrected chi connectivity index (χ4v) is 4.75. The predicted octanol–water partition coefficient (Wildman–Crippen LogP) is 2.22. The summed E-state index contributed by atoms with van der Waals surface area (Å²) in [5, 5.41) is 10.8. The molecule has 2 saturated heterocycles. The summed E-state index contributed by atoms with van der Waals surface area (Å²) in [7, 11) is 1.67. The van der Waals surface area contributed by atoms with Crippen molar-refractivity contribution in [2.75, 3.05) is 52.9 Å². The topological polar surface area (TPSA) is 52.3 Å². The van der Waals surface area contributed by atoms with Crippen molar-refractivity contribution >= 4 is 0 Å². The molecule has 1 N–H and O–H groups in total. The highest BCUT2D eigenvalue weighted by atomic mass is 16.5. The third-order valence-corrected chi connectivity index (χ3v) is 6.45. The Kier molecular flexibility index (Phi) is 7.57. The summed E-state index contributed by atoms with van der Waals surface area (Å²) in [6.07, 6.45) is 1.82. The molecule has 2 fully saturated rings. The number of piperazine rings is 1. The summed E-state index contributed by atoms with van der Waals surface area (Å²) >= 11 is 0. The standard InChI is InChI=1S/C24H35N3O3/c1-29-19-22-8-7-21(30-22)17-26-12-10-23(24(28)18-26)27-15-13-25(14-16-27)11-9-20-5-3-2-4-6-20/h2-8,23-24,28H,9-19H2,1H3/t23-,24-/m1/s1. The van der Waals surface area contributed by atoms with E-state index in [0.29, 0.717) is 13.2 Å². The van der Waals surface area contributed by atoms with Gasteiger partial charge in [0.2, 0.25) is 0 Å². The molecule has 164 valence electrons. The molecule has 4 rings (SSSR count). The molecule has 2 aromatic rings. The van der Waals surface area contributed by atoms with Crippen LogP contribution in [0.3, 0.4) is 0 Å². The van der Waals surface area contributed by atoms with Crippen molar-refractivity contribution in [3.63, 3.8) is 0 Å². The first-order valence-corrected chi connectivity index (χ1v) is 11.2. The number of methoxy groups -OCH3 is 1. The van der Waals surface area contributed by atoms with Crippen molar-refractivity contribution in [2.45, 2.75) is 38.1 Å². The van der Waals surface area contributed by atoms with Crippen LogP contribution in [0.15, 0.2) is 46.9 Å². The number of furan rings is 1.